The molecule has 7 heteroatoms. The number of carbonyl (C=O) groups excluding carboxylic acids is 1. The molecule has 0 aliphatic carbocycles. The molecule has 0 aliphatic heterocycles. The third kappa shape index (κ3) is 5.17. The summed E-state index contributed by atoms with van der Waals surface area (Å²) in [6.07, 6.45) is 0. The number of ether oxygens (including phenoxy) is 1. The van der Waals surface area contributed by atoms with Gasteiger partial charge in [-0.15, -0.1) is 0 Å². The lowest BCUT2D eigenvalue weighted by molar-refractivity contribution is -0.141. The Balaban J connectivity index is 2.71. The van der Waals surface area contributed by atoms with Gasteiger partial charge in [-0.1, -0.05) is 15.9 Å². The molecule has 0 saturated heterocycles. The Kier molecular flexibility index (Phi) is 5.62. The monoisotopic (exact) mass is 330 g/mol. The lowest BCUT2D eigenvalue weighted by atomic mass is 10.2. The molecule has 1 aromatic rings. The lowest BCUT2D eigenvalue weighted by Crippen LogP contribution is -2.44. The van der Waals surface area contributed by atoms with Crippen molar-refractivity contribution in [2.24, 2.45) is 0 Å². The van der Waals surface area contributed by atoms with Gasteiger partial charge in [0.25, 0.3) is 0 Å². The third-order valence-corrected chi connectivity index (χ3v) is 2.75. The molecule has 0 aromatic heterocycles. The van der Waals surface area contributed by atoms with E-state index in [1.54, 1.807) is 25.3 Å². The zero-order valence-corrected chi connectivity index (χ0v) is 12.2. The van der Waals surface area contributed by atoms with Gasteiger partial charge in [0, 0.05) is 29.7 Å². The number of nitrogens with one attached hydrogen (secondary N) is 2. The fraction of sp³-hybridized carbons (Fsp3) is 0.333. The minimum Gasteiger partial charge on any atom is -0.497 e. The number of rotatable bonds is 6. The van der Waals surface area contributed by atoms with Crippen LogP contribution in [0.4, 0.5) is 5.69 Å². The first-order valence-electron chi connectivity index (χ1n) is 5.50. The average Bonchev–Trinajstić information content (AvgIpc) is 2.33. The second kappa shape index (κ2) is 6.98. The van der Waals surface area contributed by atoms with E-state index in [4.69, 9.17) is 9.84 Å². The number of carboxylic acid groups (broad SMARTS) is 1. The highest BCUT2D eigenvalue weighted by molar-refractivity contribution is 9.10. The number of halogens is 1. The van der Waals surface area contributed by atoms with E-state index in [0.717, 1.165) is 4.47 Å². The number of benzene rings is 1. The molecule has 0 bridgehead atoms. The highest BCUT2D eigenvalue weighted by Gasteiger charge is 2.17. The van der Waals surface area contributed by atoms with Crippen LogP contribution in [0.15, 0.2) is 22.7 Å². The van der Waals surface area contributed by atoms with Gasteiger partial charge >= 0.3 is 5.97 Å². The van der Waals surface area contributed by atoms with Crippen LogP contribution in [-0.2, 0) is 9.59 Å². The second-order valence-corrected chi connectivity index (χ2v) is 4.77. The van der Waals surface area contributed by atoms with Crippen molar-refractivity contribution in [3.63, 3.8) is 0 Å². The van der Waals surface area contributed by atoms with Crippen molar-refractivity contribution in [3.05, 3.63) is 22.7 Å². The van der Waals surface area contributed by atoms with Crippen molar-refractivity contribution in [1.29, 1.82) is 0 Å². The third-order valence-electron chi connectivity index (χ3n) is 2.29. The number of hydrogen-bond donors (Lipinski definition) is 3. The summed E-state index contributed by atoms with van der Waals surface area (Å²) in [7, 11) is 1.54. The normalized spacial score (nSPS) is 11.5. The molecule has 1 amide bonds. The van der Waals surface area contributed by atoms with E-state index >= 15 is 0 Å². The molecule has 0 fully saturated rings. The maximum atomic E-state index is 11.0. The van der Waals surface area contributed by atoms with Crippen LogP contribution in [0.5, 0.6) is 5.75 Å². The summed E-state index contributed by atoms with van der Waals surface area (Å²) >= 11 is 3.32. The van der Waals surface area contributed by atoms with Crippen molar-refractivity contribution in [1.82, 2.24) is 5.32 Å². The zero-order chi connectivity index (χ0) is 14.4. The quantitative estimate of drug-likeness (QED) is 0.735. The topological polar surface area (TPSA) is 87.7 Å². The Morgan fingerprint density at radius 1 is 1.42 bits per heavy atom. The summed E-state index contributed by atoms with van der Waals surface area (Å²) in [5, 5.41) is 14.3. The van der Waals surface area contributed by atoms with Crippen LogP contribution in [-0.4, -0.2) is 36.7 Å². The van der Waals surface area contributed by atoms with Crippen molar-refractivity contribution in [2.75, 3.05) is 19.0 Å². The number of carboxylic acids is 1. The van der Waals surface area contributed by atoms with Crippen LogP contribution in [0, 0.1) is 0 Å². The van der Waals surface area contributed by atoms with Gasteiger partial charge in [-0.25, -0.2) is 4.79 Å². The first kappa shape index (κ1) is 15.3. The number of carbonyl (C=O) groups is 2. The van der Waals surface area contributed by atoms with E-state index in [9.17, 15) is 9.59 Å². The first-order chi connectivity index (χ1) is 8.92. The summed E-state index contributed by atoms with van der Waals surface area (Å²) < 4.78 is 5.90. The zero-order valence-electron chi connectivity index (χ0n) is 10.6. The van der Waals surface area contributed by atoms with Crippen molar-refractivity contribution < 1.29 is 19.4 Å². The summed E-state index contributed by atoms with van der Waals surface area (Å²) in [6, 6.07) is 4.32. The number of amides is 1. The van der Waals surface area contributed by atoms with Gasteiger partial charge in [0.15, 0.2) is 0 Å². The molecule has 0 spiro atoms. The van der Waals surface area contributed by atoms with Crippen LogP contribution < -0.4 is 15.4 Å². The Hall–Kier alpha value is -1.76. The van der Waals surface area contributed by atoms with Crippen LogP contribution in [0.2, 0.25) is 0 Å². The SMILES string of the molecule is COc1cc(Br)cc(NCC(NC(C)=O)C(=O)O)c1. The van der Waals surface area contributed by atoms with Gasteiger partial charge < -0.3 is 20.5 Å². The number of hydrogen-bond acceptors (Lipinski definition) is 4. The van der Waals surface area contributed by atoms with E-state index in [1.807, 2.05) is 0 Å². The molecule has 1 unspecified atom stereocenters. The van der Waals surface area contributed by atoms with Gasteiger partial charge in [0.2, 0.25) is 5.91 Å². The van der Waals surface area contributed by atoms with Gasteiger partial charge in [-0.05, 0) is 12.1 Å². The molecule has 0 radical (unpaired) electrons. The minimum atomic E-state index is -1.09. The molecule has 1 rings (SSSR count). The predicted octanol–water partition coefficient (Wildman–Crippen LogP) is 1.46. The van der Waals surface area contributed by atoms with Crippen LogP contribution >= 0.6 is 15.9 Å². The molecule has 1 aromatic carbocycles. The predicted molar refractivity (Wildman–Crippen MR) is 74.4 cm³/mol. The van der Waals surface area contributed by atoms with Crippen molar-refractivity contribution in [3.8, 4) is 5.75 Å². The molecule has 0 aliphatic rings. The van der Waals surface area contributed by atoms with Gasteiger partial charge in [-0.2, -0.15) is 0 Å². The maximum absolute atomic E-state index is 11.0. The van der Waals surface area contributed by atoms with Crippen molar-refractivity contribution in [2.45, 2.75) is 13.0 Å². The largest absolute Gasteiger partial charge is 0.497 e. The minimum absolute atomic E-state index is 0.0779. The van der Waals surface area contributed by atoms with Crippen LogP contribution in [0.25, 0.3) is 0 Å². The number of anilines is 1. The fourth-order valence-corrected chi connectivity index (χ4v) is 1.92. The summed E-state index contributed by atoms with van der Waals surface area (Å²) in [4.78, 5) is 21.9. The average molecular weight is 331 g/mol. The van der Waals surface area contributed by atoms with E-state index < -0.39 is 12.0 Å². The molecule has 1 atom stereocenters. The number of methoxy groups -OCH3 is 1. The smallest absolute Gasteiger partial charge is 0.328 e. The Labute approximate surface area is 119 Å². The molecular formula is C12H15BrN2O4. The van der Waals surface area contributed by atoms with Gasteiger partial charge in [0.1, 0.15) is 11.8 Å². The molecule has 0 saturated carbocycles. The first-order valence-corrected chi connectivity index (χ1v) is 6.30. The summed E-state index contributed by atoms with van der Waals surface area (Å²) in [5.41, 5.74) is 0.697. The van der Waals surface area contributed by atoms with Gasteiger partial charge in [-0.3, -0.25) is 4.79 Å². The van der Waals surface area contributed by atoms with E-state index in [1.165, 1.54) is 6.92 Å². The fourth-order valence-electron chi connectivity index (χ4n) is 1.45. The molecular weight excluding hydrogens is 316 g/mol. The molecule has 104 valence electrons. The van der Waals surface area contributed by atoms with E-state index in [2.05, 4.69) is 26.6 Å². The molecule has 0 heterocycles. The molecule has 3 N–H and O–H groups in total. The van der Waals surface area contributed by atoms with Crippen LogP contribution in [0.3, 0.4) is 0 Å². The lowest BCUT2D eigenvalue weighted by Gasteiger charge is -2.15. The highest BCUT2D eigenvalue weighted by Crippen LogP contribution is 2.24. The second-order valence-electron chi connectivity index (χ2n) is 3.85. The van der Waals surface area contributed by atoms with E-state index in [0.29, 0.717) is 11.4 Å². The summed E-state index contributed by atoms with van der Waals surface area (Å²) in [6.45, 7) is 1.35. The Bertz CT molecular complexity index is 479. The van der Waals surface area contributed by atoms with Crippen molar-refractivity contribution >= 4 is 33.5 Å². The van der Waals surface area contributed by atoms with E-state index in [-0.39, 0.29) is 12.5 Å². The van der Waals surface area contributed by atoms with Gasteiger partial charge in [0.05, 0.1) is 7.11 Å². The Morgan fingerprint density at radius 2 is 2.11 bits per heavy atom. The maximum Gasteiger partial charge on any atom is 0.328 e. The Morgan fingerprint density at radius 3 is 2.63 bits per heavy atom. The summed E-state index contributed by atoms with van der Waals surface area (Å²) in [5.74, 6) is -0.839. The highest BCUT2D eigenvalue weighted by atomic mass is 79.9. The number of aliphatic carboxylic acids is 1. The molecule has 6 nitrogen and oxygen atoms in total. The van der Waals surface area contributed by atoms with Crippen LogP contribution in [0.1, 0.15) is 6.92 Å². The standard InChI is InChI=1S/C12H15BrN2O4/c1-7(16)15-11(12(17)18)6-14-9-3-8(13)4-10(5-9)19-2/h3-5,11,14H,6H2,1-2H3,(H,15,16)(H,17,18). The molecule has 19 heavy (non-hydrogen) atoms.